The Kier molecular flexibility index (Phi) is 7.28. The van der Waals surface area contributed by atoms with Gasteiger partial charge >= 0.3 is 0 Å². The van der Waals surface area contributed by atoms with Crippen LogP contribution in [0.25, 0.3) is 10.8 Å². The van der Waals surface area contributed by atoms with Gasteiger partial charge in [0.15, 0.2) is 18.1 Å². The van der Waals surface area contributed by atoms with Gasteiger partial charge in [0.05, 0.1) is 15.5 Å². The summed E-state index contributed by atoms with van der Waals surface area (Å²) < 4.78 is 28.9. The van der Waals surface area contributed by atoms with E-state index in [4.69, 9.17) is 23.1 Å². The minimum absolute atomic E-state index is 0.0354. The van der Waals surface area contributed by atoms with Gasteiger partial charge in [-0.15, -0.1) is 0 Å². The van der Waals surface area contributed by atoms with Gasteiger partial charge in [-0.25, -0.2) is 13.4 Å². The van der Waals surface area contributed by atoms with Crippen LogP contribution < -0.4 is 11.5 Å². The molecule has 0 radical (unpaired) electrons. The van der Waals surface area contributed by atoms with E-state index in [1.165, 1.54) is 22.6 Å². The van der Waals surface area contributed by atoms with Gasteiger partial charge in [0.2, 0.25) is 10.0 Å². The zero-order valence-corrected chi connectivity index (χ0v) is 19.6. The first-order valence-corrected chi connectivity index (χ1v) is 12.0. The molecule has 1 aliphatic rings. The van der Waals surface area contributed by atoms with Crippen molar-refractivity contribution in [1.29, 1.82) is 0 Å². The van der Waals surface area contributed by atoms with Crippen molar-refractivity contribution in [3.63, 3.8) is 0 Å². The van der Waals surface area contributed by atoms with Crippen molar-refractivity contribution in [2.75, 3.05) is 27.2 Å². The summed E-state index contributed by atoms with van der Waals surface area (Å²) in [6, 6.07) is 4.43. The van der Waals surface area contributed by atoms with E-state index in [1.54, 1.807) is 6.07 Å². The molecule has 1 fully saturated rings. The Labute approximate surface area is 192 Å². The van der Waals surface area contributed by atoms with Gasteiger partial charge in [-0.3, -0.25) is 0 Å². The topological polar surface area (TPSA) is 158 Å². The van der Waals surface area contributed by atoms with Crippen molar-refractivity contribution >= 4 is 44.2 Å². The van der Waals surface area contributed by atoms with Crippen molar-refractivity contribution < 1.29 is 18.6 Å². The van der Waals surface area contributed by atoms with Gasteiger partial charge in [-0.2, -0.15) is 9.30 Å². The van der Waals surface area contributed by atoms with Crippen molar-refractivity contribution in [3.8, 4) is 0 Å². The number of rotatable bonds is 8. The monoisotopic (exact) mass is 484 g/mol. The summed E-state index contributed by atoms with van der Waals surface area (Å²) in [7, 11) is -0.476. The standard InChI is InChI=1S/C20H29ClN6O4S/c1-26(2)9-10-27(20(18(28)29)7-3-4-8-20)32(30,31)13-5-6-14-15(11-13)17(25-19(22)23)24-12-16(14)21/h5-6,11-12,18,28-29H,3-4,7-10H2,1-2H3,(H4,22,23,24,25). The number of likely N-dealkylation sites (N-methyl/N-ethyl adjacent to an activating group) is 1. The largest absolute Gasteiger partial charge is 0.370 e. The number of halogens is 1. The third-order valence-electron chi connectivity index (χ3n) is 5.81. The molecule has 0 amide bonds. The number of aliphatic hydroxyl groups excluding tert-OH is 1. The van der Waals surface area contributed by atoms with Gasteiger partial charge < -0.3 is 26.6 Å². The zero-order chi connectivity index (χ0) is 23.7. The summed E-state index contributed by atoms with van der Waals surface area (Å²) in [5.74, 6) is -0.0885. The lowest BCUT2D eigenvalue weighted by atomic mass is 9.96. The smallest absolute Gasteiger partial charge is 0.243 e. The number of aliphatic hydroxyl groups is 2. The highest BCUT2D eigenvalue weighted by Crippen LogP contribution is 2.41. The van der Waals surface area contributed by atoms with Crippen molar-refractivity contribution in [2.24, 2.45) is 16.5 Å². The lowest BCUT2D eigenvalue weighted by Gasteiger charge is -2.41. The number of sulfonamides is 1. The minimum Gasteiger partial charge on any atom is -0.370 e. The third-order valence-corrected chi connectivity index (χ3v) is 8.09. The molecule has 0 saturated heterocycles. The molecule has 2 aromatic rings. The molecule has 176 valence electrons. The zero-order valence-electron chi connectivity index (χ0n) is 18.1. The highest BCUT2D eigenvalue weighted by molar-refractivity contribution is 7.89. The van der Waals surface area contributed by atoms with E-state index in [9.17, 15) is 18.6 Å². The predicted molar refractivity (Wildman–Crippen MR) is 124 cm³/mol. The van der Waals surface area contributed by atoms with Crippen molar-refractivity contribution in [1.82, 2.24) is 14.2 Å². The van der Waals surface area contributed by atoms with E-state index in [-0.39, 0.29) is 23.2 Å². The van der Waals surface area contributed by atoms with Crippen LogP contribution >= 0.6 is 11.6 Å². The molecule has 0 spiro atoms. The Bertz CT molecular complexity index is 1110. The molecule has 0 unspecified atom stereocenters. The van der Waals surface area contributed by atoms with Gasteiger partial charge in [0.1, 0.15) is 0 Å². The van der Waals surface area contributed by atoms with E-state index < -0.39 is 21.9 Å². The lowest BCUT2D eigenvalue weighted by molar-refractivity contribution is -0.131. The average Bonchev–Trinajstić information content (AvgIpc) is 3.20. The molecule has 0 aliphatic heterocycles. The van der Waals surface area contributed by atoms with Gasteiger partial charge in [-0.1, -0.05) is 30.5 Å². The van der Waals surface area contributed by atoms with Crippen LogP contribution in [0.4, 0.5) is 5.82 Å². The quantitative estimate of drug-likeness (QED) is 0.245. The minimum atomic E-state index is -4.13. The first-order chi connectivity index (χ1) is 15.0. The average molecular weight is 485 g/mol. The summed E-state index contributed by atoms with van der Waals surface area (Å²) in [6.45, 7) is 0.507. The normalized spacial score (nSPS) is 16.4. The molecular weight excluding hydrogens is 456 g/mol. The molecule has 1 aliphatic carbocycles. The number of fused-ring (bicyclic) bond motifs is 1. The maximum atomic E-state index is 13.9. The Morgan fingerprint density at radius 3 is 2.44 bits per heavy atom. The van der Waals surface area contributed by atoms with Crippen molar-refractivity contribution in [2.45, 2.75) is 42.4 Å². The SMILES string of the molecule is CN(C)CCN(C1(C(O)O)CCCC1)S(=O)(=O)c1ccc2c(Cl)cnc(N=C(N)N)c2c1. The number of pyridine rings is 1. The van der Waals surface area contributed by atoms with Crippen LogP contribution in [0, 0.1) is 0 Å². The second-order valence-corrected chi connectivity index (χ2v) is 10.5. The van der Waals surface area contributed by atoms with Gasteiger partial charge in [-0.05, 0) is 39.1 Å². The Morgan fingerprint density at radius 1 is 1.22 bits per heavy atom. The Morgan fingerprint density at radius 2 is 1.88 bits per heavy atom. The predicted octanol–water partition coefficient (Wildman–Crippen LogP) is 0.969. The molecule has 6 N–H and O–H groups in total. The summed E-state index contributed by atoms with van der Waals surface area (Å²) in [6.07, 6.45) is 1.71. The fourth-order valence-electron chi connectivity index (χ4n) is 4.17. The molecule has 0 bridgehead atoms. The lowest BCUT2D eigenvalue weighted by Crippen LogP contribution is -2.58. The second kappa shape index (κ2) is 9.46. The van der Waals surface area contributed by atoms with Crippen LogP contribution in [-0.4, -0.2) is 77.8 Å². The fraction of sp³-hybridized carbons (Fsp3) is 0.500. The van der Waals surface area contributed by atoms with Crippen LogP contribution in [0.3, 0.4) is 0 Å². The molecule has 10 nitrogen and oxygen atoms in total. The third kappa shape index (κ3) is 4.68. The highest BCUT2D eigenvalue weighted by Gasteiger charge is 2.50. The molecule has 12 heteroatoms. The number of benzene rings is 1. The maximum Gasteiger partial charge on any atom is 0.243 e. The Hall–Kier alpha value is -2.02. The molecule has 1 aromatic heterocycles. The van der Waals surface area contributed by atoms with Gasteiger partial charge in [0.25, 0.3) is 0 Å². The molecule has 1 heterocycles. The first kappa shape index (κ1) is 24.6. The van der Waals surface area contributed by atoms with Crippen LogP contribution in [0.1, 0.15) is 25.7 Å². The number of aromatic nitrogens is 1. The van der Waals surface area contributed by atoms with Gasteiger partial charge in [0, 0.05) is 30.1 Å². The van der Waals surface area contributed by atoms with E-state index in [2.05, 4.69) is 9.98 Å². The van der Waals surface area contributed by atoms with E-state index >= 15 is 0 Å². The van der Waals surface area contributed by atoms with Crippen LogP contribution in [0.2, 0.25) is 5.02 Å². The van der Waals surface area contributed by atoms with Crippen LogP contribution in [0.15, 0.2) is 34.3 Å². The number of hydrogen-bond acceptors (Lipinski definition) is 7. The maximum absolute atomic E-state index is 13.9. The number of guanidine groups is 1. The number of nitrogens with two attached hydrogens (primary N) is 2. The summed E-state index contributed by atoms with van der Waals surface area (Å²) in [5, 5.41) is 21.8. The van der Waals surface area contributed by atoms with Crippen molar-refractivity contribution in [3.05, 3.63) is 29.4 Å². The molecular formula is C20H29ClN6O4S. The molecule has 1 aromatic carbocycles. The first-order valence-electron chi connectivity index (χ1n) is 10.2. The molecule has 3 rings (SSSR count). The number of nitrogens with zero attached hydrogens (tertiary/aromatic N) is 4. The molecule has 32 heavy (non-hydrogen) atoms. The Balaban J connectivity index is 2.19. The summed E-state index contributed by atoms with van der Waals surface area (Å²) >= 11 is 6.24. The van der Waals surface area contributed by atoms with E-state index in [0.29, 0.717) is 48.0 Å². The highest BCUT2D eigenvalue weighted by atomic mass is 35.5. The van der Waals surface area contributed by atoms with E-state index in [0.717, 1.165) is 0 Å². The molecule has 0 atom stereocenters. The number of hydrogen-bond donors (Lipinski definition) is 4. The van der Waals surface area contributed by atoms with Crippen LogP contribution in [-0.2, 0) is 10.0 Å². The fourth-order valence-corrected chi connectivity index (χ4v) is 6.22. The summed E-state index contributed by atoms with van der Waals surface area (Å²) in [5.41, 5.74) is 9.70. The second-order valence-electron chi connectivity index (χ2n) is 8.24. The van der Waals surface area contributed by atoms with E-state index in [1.807, 2.05) is 19.0 Å². The summed E-state index contributed by atoms with van der Waals surface area (Å²) in [4.78, 5) is 9.91. The van der Waals surface area contributed by atoms with Crippen LogP contribution in [0.5, 0.6) is 0 Å². The number of aliphatic imine (C=N–C) groups is 1. The molecule has 1 saturated carbocycles.